The van der Waals surface area contributed by atoms with Crippen LogP contribution in [-0.2, 0) is 10.2 Å². The van der Waals surface area contributed by atoms with Gasteiger partial charge >= 0.3 is 0 Å². The summed E-state index contributed by atoms with van der Waals surface area (Å²) in [7, 11) is 3.76. The van der Waals surface area contributed by atoms with E-state index in [1.165, 1.54) is 0 Å². The van der Waals surface area contributed by atoms with Gasteiger partial charge in [0.05, 0.1) is 5.41 Å². The topological polar surface area (TPSA) is 32.3 Å². The normalized spacial score (nSPS) is 10.9. The maximum atomic E-state index is 12.9. The summed E-state index contributed by atoms with van der Waals surface area (Å²) >= 11 is 5.96. The average molecular weight is 333 g/mol. The molecule has 0 heterocycles. The summed E-state index contributed by atoms with van der Waals surface area (Å²) in [6, 6.07) is 7.66. The van der Waals surface area contributed by atoms with E-state index in [9.17, 15) is 4.79 Å². The summed E-state index contributed by atoms with van der Waals surface area (Å²) in [5, 5.41) is 3.78. The van der Waals surface area contributed by atoms with E-state index < -0.39 is 5.41 Å². The number of carbonyl (C=O) groups is 1. The van der Waals surface area contributed by atoms with Crippen molar-refractivity contribution in [1.29, 1.82) is 0 Å². The molecule has 0 radical (unpaired) electrons. The van der Waals surface area contributed by atoms with Crippen LogP contribution in [0.25, 0.3) is 0 Å². The monoisotopic (exact) mass is 332 g/mol. The van der Waals surface area contributed by atoms with E-state index in [0.29, 0.717) is 11.6 Å². The minimum atomic E-state index is -0.451. The summed E-state index contributed by atoms with van der Waals surface area (Å²) in [6.07, 6.45) is 1.57. The van der Waals surface area contributed by atoms with Crippen molar-refractivity contribution in [2.24, 2.45) is 0 Å². The van der Waals surface area contributed by atoms with Crippen LogP contribution in [0.3, 0.4) is 0 Å². The zero-order valence-electron chi connectivity index (χ0n) is 13.3. The number of carbonyl (C=O) groups excluding carboxylic acids is 1. The number of rotatable bonds is 7. The molecule has 1 aromatic rings. The SMILES string of the molecule is CCC(CC)(C(=O)N(C)CCNC)c1ccc(Cl)cc1.Cl. The maximum Gasteiger partial charge on any atom is 0.232 e. The highest BCUT2D eigenvalue weighted by atomic mass is 35.5. The molecule has 0 saturated carbocycles. The van der Waals surface area contributed by atoms with Crippen molar-refractivity contribution in [1.82, 2.24) is 10.2 Å². The molecule has 0 saturated heterocycles. The van der Waals surface area contributed by atoms with Crippen LogP contribution in [0.4, 0.5) is 0 Å². The van der Waals surface area contributed by atoms with E-state index in [1.54, 1.807) is 0 Å². The Morgan fingerprint density at radius 1 is 1.24 bits per heavy atom. The fourth-order valence-corrected chi connectivity index (χ4v) is 2.73. The third kappa shape index (κ3) is 4.60. The molecule has 1 N–H and O–H groups in total. The Labute approximate surface area is 139 Å². The predicted octanol–water partition coefficient (Wildman–Crippen LogP) is 3.50. The zero-order valence-corrected chi connectivity index (χ0v) is 14.9. The lowest BCUT2D eigenvalue weighted by molar-refractivity contribution is -0.136. The predicted molar refractivity (Wildman–Crippen MR) is 92.5 cm³/mol. The quantitative estimate of drug-likeness (QED) is 0.828. The molecule has 0 aromatic heterocycles. The fourth-order valence-electron chi connectivity index (χ4n) is 2.60. The second-order valence-corrected chi connectivity index (χ2v) is 5.56. The van der Waals surface area contributed by atoms with Crippen molar-refractivity contribution in [2.45, 2.75) is 32.1 Å². The molecule has 1 amide bonds. The highest BCUT2D eigenvalue weighted by Crippen LogP contribution is 2.34. The Bertz CT molecular complexity index is 430. The van der Waals surface area contributed by atoms with Crippen molar-refractivity contribution < 1.29 is 4.79 Å². The first-order chi connectivity index (χ1) is 9.51. The van der Waals surface area contributed by atoms with E-state index >= 15 is 0 Å². The highest BCUT2D eigenvalue weighted by molar-refractivity contribution is 6.30. The lowest BCUT2D eigenvalue weighted by Gasteiger charge is -2.35. The lowest BCUT2D eigenvalue weighted by Crippen LogP contribution is -2.46. The molecule has 1 aromatic carbocycles. The number of halogens is 2. The number of nitrogens with one attached hydrogen (secondary N) is 1. The van der Waals surface area contributed by atoms with E-state index in [0.717, 1.165) is 24.9 Å². The van der Waals surface area contributed by atoms with E-state index in [2.05, 4.69) is 19.2 Å². The number of hydrogen-bond acceptors (Lipinski definition) is 2. The molecular formula is C16H26Cl2N2O. The maximum absolute atomic E-state index is 12.9. The van der Waals surface area contributed by atoms with Crippen molar-refractivity contribution >= 4 is 29.9 Å². The second kappa shape index (κ2) is 9.29. The van der Waals surface area contributed by atoms with Gasteiger partial charge in [-0.15, -0.1) is 12.4 Å². The van der Waals surface area contributed by atoms with E-state index in [-0.39, 0.29) is 18.3 Å². The third-order valence-electron chi connectivity index (χ3n) is 4.06. The Kier molecular flexibility index (Phi) is 8.95. The minimum absolute atomic E-state index is 0. The van der Waals surface area contributed by atoms with Gasteiger partial charge in [0.2, 0.25) is 5.91 Å². The van der Waals surface area contributed by atoms with Crippen LogP contribution in [0.2, 0.25) is 5.02 Å². The van der Waals surface area contributed by atoms with Gasteiger partial charge in [0, 0.05) is 25.2 Å². The van der Waals surface area contributed by atoms with Crippen LogP contribution in [0.1, 0.15) is 32.3 Å². The van der Waals surface area contributed by atoms with Crippen molar-refractivity contribution in [2.75, 3.05) is 27.2 Å². The minimum Gasteiger partial charge on any atom is -0.344 e. The third-order valence-corrected chi connectivity index (χ3v) is 4.31. The molecule has 0 spiro atoms. The molecule has 21 heavy (non-hydrogen) atoms. The molecule has 0 bridgehead atoms. The number of likely N-dealkylation sites (N-methyl/N-ethyl adjacent to an activating group) is 2. The van der Waals surface area contributed by atoms with Crippen molar-refractivity contribution in [3.05, 3.63) is 34.9 Å². The molecule has 0 atom stereocenters. The number of nitrogens with zero attached hydrogens (tertiary/aromatic N) is 1. The molecular weight excluding hydrogens is 307 g/mol. The molecule has 5 heteroatoms. The Morgan fingerprint density at radius 2 is 1.76 bits per heavy atom. The Balaban J connectivity index is 0.00000400. The van der Waals surface area contributed by atoms with Gasteiger partial charge in [0.1, 0.15) is 0 Å². The van der Waals surface area contributed by atoms with Gasteiger partial charge in [0.25, 0.3) is 0 Å². The van der Waals surface area contributed by atoms with Crippen LogP contribution in [-0.4, -0.2) is 38.0 Å². The summed E-state index contributed by atoms with van der Waals surface area (Å²) < 4.78 is 0. The first-order valence-electron chi connectivity index (χ1n) is 7.18. The number of hydrogen-bond donors (Lipinski definition) is 1. The molecule has 0 unspecified atom stereocenters. The summed E-state index contributed by atoms with van der Waals surface area (Å²) in [4.78, 5) is 14.7. The average Bonchev–Trinajstić information content (AvgIpc) is 2.48. The van der Waals surface area contributed by atoms with Gasteiger partial charge in [-0.1, -0.05) is 37.6 Å². The molecule has 1 rings (SSSR count). The van der Waals surface area contributed by atoms with Crippen molar-refractivity contribution in [3.63, 3.8) is 0 Å². The zero-order chi connectivity index (χ0) is 15.2. The van der Waals surface area contributed by atoms with Gasteiger partial charge < -0.3 is 10.2 Å². The molecule has 3 nitrogen and oxygen atoms in total. The van der Waals surface area contributed by atoms with Gasteiger partial charge in [-0.3, -0.25) is 4.79 Å². The van der Waals surface area contributed by atoms with Gasteiger partial charge in [-0.05, 0) is 37.6 Å². The summed E-state index contributed by atoms with van der Waals surface area (Å²) in [6.45, 7) is 5.65. The van der Waals surface area contributed by atoms with Crippen LogP contribution in [0, 0.1) is 0 Å². The van der Waals surface area contributed by atoms with Crippen molar-refractivity contribution in [3.8, 4) is 0 Å². The summed E-state index contributed by atoms with van der Waals surface area (Å²) in [5.41, 5.74) is 0.598. The fraction of sp³-hybridized carbons (Fsp3) is 0.562. The molecule has 120 valence electrons. The first-order valence-corrected chi connectivity index (χ1v) is 7.55. The van der Waals surface area contributed by atoms with Crippen LogP contribution in [0.15, 0.2) is 24.3 Å². The van der Waals surface area contributed by atoms with Gasteiger partial charge in [0.15, 0.2) is 0 Å². The molecule has 0 aliphatic heterocycles. The summed E-state index contributed by atoms with van der Waals surface area (Å²) in [5.74, 6) is 0.181. The number of amides is 1. The van der Waals surface area contributed by atoms with E-state index in [1.807, 2.05) is 43.3 Å². The Morgan fingerprint density at radius 3 is 2.19 bits per heavy atom. The van der Waals surface area contributed by atoms with Gasteiger partial charge in [-0.2, -0.15) is 0 Å². The largest absolute Gasteiger partial charge is 0.344 e. The smallest absolute Gasteiger partial charge is 0.232 e. The Hall–Kier alpha value is -0.770. The molecule has 0 fully saturated rings. The van der Waals surface area contributed by atoms with Gasteiger partial charge in [-0.25, -0.2) is 0 Å². The van der Waals surface area contributed by atoms with Crippen LogP contribution in [0.5, 0.6) is 0 Å². The highest BCUT2D eigenvalue weighted by Gasteiger charge is 2.38. The number of benzene rings is 1. The van der Waals surface area contributed by atoms with Crippen LogP contribution < -0.4 is 5.32 Å². The molecule has 0 aliphatic carbocycles. The van der Waals surface area contributed by atoms with E-state index in [4.69, 9.17) is 11.6 Å². The molecule has 0 aliphatic rings. The van der Waals surface area contributed by atoms with Crippen LogP contribution >= 0.6 is 24.0 Å². The first kappa shape index (κ1) is 20.2. The standard InChI is InChI=1S/C16H25ClN2O.ClH/c1-5-16(6-2,13-7-9-14(17)10-8-13)15(20)19(4)12-11-18-3;/h7-10,18H,5-6,11-12H2,1-4H3;1H. The second-order valence-electron chi connectivity index (χ2n) is 5.13. The lowest BCUT2D eigenvalue weighted by atomic mass is 9.74.